The van der Waals surface area contributed by atoms with E-state index in [0.29, 0.717) is 23.0 Å². The summed E-state index contributed by atoms with van der Waals surface area (Å²) in [5, 5.41) is 11.1. The Kier molecular flexibility index (Phi) is 4.37. The van der Waals surface area contributed by atoms with E-state index in [1.165, 1.54) is 0 Å². The Morgan fingerprint density at radius 1 is 0.923 bits per heavy atom. The topological polar surface area (TPSA) is 97.8 Å². The maximum atomic E-state index is 10.0. The van der Waals surface area contributed by atoms with Gasteiger partial charge in [0.05, 0.1) is 16.8 Å². The minimum absolute atomic E-state index is 0.106. The van der Waals surface area contributed by atoms with Crippen molar-refractivity contribution in [2.24, 2.45) is 0 Å². The first-order chi connectivity index (χ1) is 12.7. The van der Waals surface area contributed by atoms with Crippen molar-refractivity contribution in [1.29, 1.82) is 0 Å². The predicted molar refractivity (Wildman–Crippen MR) is 103 cm³/mol. The molecule has 3 N–H and O–H groups in total. The minimum atomic E-state index is 0.106. The van der Waals surface area contributed by atoms with Gasteiger partial charge in [-0.2, -0.15) is 9.97 Å². The number of rotatable bonds is 4. The van der Waals surface area contributed by atoms with Crippen LogP contribution in [0.2, 0.25) is 0 Å². The molecule has 0 unspecified atom stereocenters. The van der Waals surface area contributed by atoms with Gasteiger partial charge in [-0.3, -0.25) is 4.98 Å². The number of hydrogen-bond acceptors (Lipinski definition) is 7. The molecule has 4 aromatic rings. The third-order valence-corrected chi connectivity index (χ3v) is 4.84. The van der Waals surface area contributed by atoms with Crippen molar-refractivity contribution in [3.05, 3.63) is 66.6 Å². The molecule has 128 valence electrons. The van der Waals surface area contributed by atoms with Crippen LogP contribution in [0, 0.1) is 0 Å². The molecule has 0 aliphatic rings. The summed E-state index contributed by atoms with van der Waals surface area (Å²) in [5.74, 6) is 1.67. The summed E-state index contributed by atoms with van der Waals surface area (Å²) in [6, 6.07) is 16.9. The number of aromatic nitrogens is 4. The third kappa shape index (κ3) is 3.29. The monoisotopic (exact) mass is 361 g/mol. The van der Waals surface area contributed by atoms with E-state index in [1.54, 1.807) is 36.2 Å². The summed E-state index contributed by atoms with van der Waals surface area (Å²) in [5.41, 5.74) is 7.32. The highest BCUT2D eigenvalue weighted by atomic mass is 32.2. The fourth-order valence-electron chi connectivity index (χ4n) is 2.62. The Bertz CT molecular complexity index is 1080. The van der Waals surface area contributed by atoms with Crippen LogP contribution in [0.15, 0.2) is 65.7 Å². The van der Waals surface area contributed by atoms with E-state index in [-0.39, 0.29) is 11.7 Å². The number of pyridine rings is 1. The van der Waals surface area contributed by atoms with Crippen molar-refractivity contribution >= 4 is 28.6 Å². The van der Waals surface area contributed by atoms with Crippen LogP contribution < -0.4 is 5.73 Å². The van der Waals surface area contributed by atoms with E-state index in [0.717, 1.165) is 15.8 Å². The molecule has 0 aliphatic carbocycles. The lowest BCUT2D eigenvalue weighted by atomic mass is 10.2. The molecule has 0 atom stereocenters. The van der Waals surface area contributed by atoms with Crippen molar-refractivity contribution in [2.45, 2.75) is 10.6 Å². The van der Waals surface area contributed by atoms with Gasteiger partial charge in [-0.05, 0) is 24.3 Å². The van der Waals surface area contributed by atoms with Crippen LogP contribution in [-0.2, 0) is 5.75 Å². The van der Waals surface area contributed by atoms with Crippen LogP contribution in [0.3, 0.4) is 0 Å². The summed E-state index contributed by atoms with van der Waals surface area (Å²) in [6.45, 7) is 0. The number of aromatic hydroxyl groups is 1. The summed E-state index contributed by atoms with van der Waals surface area (Å²) in [6.07, 6.45) is 1.78. The fraction of sp³-hybridized carbons (Fsp3) is 0.0526. The number of thioether (sulfide) groups is 1. The van der Waals surface area contributed by atoms with E-state index in [1.807, 2.05) is 36.4 Å². The molecule has 0 spiro atoms. The molecule has 0 bridgehead atoms. The standard InChI is InChI=1S/C19H15N5OS/c20-19-23-16(22-18(24-19)13-7-1-2-8-14(13)25)11-26-15-9-3-5-12-6-4-10-21-17(12)15/h1-10,25H,11H2,(H2,20,22,23,24). The first kappa shape index (κ1) is 16.3. The number of nitrogens with two attached hydrogens (primary N) is 1. The van der Waals surface area contributed by atoms with Gasteiger partial charge in [0.15, 0.2) is 5.82 Å². The molecule has 0 aliphatic heterocycles. The Morgan fingerprint density at radius 2 is 1.77 bits per heavy atom. The zero-order valence-corrected chi connectivity index (χ0v) is 14.5. The van der Waals surface area contributed by atoms with E-state index in [9.17, 15) is 5.11 Å². The Labute approximate surface area is 154 Å². The average Bonchev–Trinajstić information content (AvgIpc) is 2.66. The smallest absolute Gasteiger partial charge is 0.223 e. The molecule has 0 fully saturated rings. The number of benzene rings is 2. The van der Waals surface area contributed by atoms with Crippen molar-refractivity contribution in [3.8, 4) is 17.1 Å². The lowest BCUT2D eigenvalue weighted by Crippen LogP contribution is -2.04. The third-order valence-electron chi connectivity index (χ3n) is 3.80. The quantitative estimate of drug-likeness (QED) is 0.535. The highest BCUT2D eigenvalue weighted by Gasteiger charge is 2.11. The fourth-order valence-corrected chi connectivity index (χ4v) is 3.52. The molecule has 2 heterocycles. The van der Waals surface area contributed by atoms with Gasteiger partial charge in [-0.1, -0.05) is 30.3 Å². The van der Waals surface area contributed by atoms with Gasteiger partial charge >= 0.3 is 0 Å². The molecule has 2 aromatic carbocycles. The van der Waals surface area contributed by atoms with Crippen LogP contribution in [0.25, 0.3) is 22.3 Å². The van der Waals surface area contributed by atoms with Gasteiger partial charge in [0.2, 0.25) is 5.95 Å². The molecular weight excluding hydrogens is 346 g/mol. The summed E-state index contributed by atoms with van der Waals surface area (Å²) < 4.78 is 0. The van der Waals surface area contributed by atoms with Crippen molar-refractivity contribution in [2.75, 3.05) is 5.73 Å². The van der Waals surface area contributed by atoms with Crippen LogP contribution in [0.4, 0.5) is 5.95 Å². The Hall–Kier alpha value is -3.19. The van der Waals surface area contributed by atoms with Crippen molar-refractivity contribution in [3.63, 3.8) is 0 Å². The second-order valence-electron chi connectivity index (χ2n) is 5.57. The number of phenolic OH excluding ortho intramolecular Hbond substituents is 1. The van der Waals surface area contributed by atoms with E-state index in [4.69, 9.17) is 5.73 Å². The largest absolute Gasteiger partial charge is 0.507 e. The first-order valence-electron chi connectivity index (χ1n) is 7.96. The molecule has 26 heavy (non-hydrogen) atoms. The van der Waals surface area contributed by atoms with Gasteiger partial charge in [-0.15, -0.1) is 11.8 Å². The summed E-state index contributed by atoms with van der Waals surface area (Å²) in [7, 11) is 0. The van der Waals surface area contributed by atoms with Gasteiger partial charge in [-0.25, -0.2) is 4.98 Å². The Morgan fingerprint density at radius 3 is 2.65 bits per heavy atom. The molecule has 6 nitrogen and oxygen atoms in total. The number of nitrogens with zero attached hydrogens (tertiary/aromatic N) is 4. The molecule has 0 amide bonds. The van der Waals surface area contributed by atoms with E-state index in [2.05, 4.69) is 19.9 Å². The Balaban J connectivity index is 1.64. The number of para-hydroxylation sites is 2. The maximum Gasteiger partial charge on any atom is 0.223 e. The number of anilines is 1. The van der Waals surface area contributed by atoms with Gasteiger partial charge in [0.1, 0.15) is 11.6 Å². The van der Waals surface area contributed by atoms with Crippen LogP contribution in [0.1, 0.15) is 5.82 Å². The molecule has 0 radical (unpaired) electrons. The van der Waals surface area contributed by atoms with Gasteiger partial charge < -0.3 is 10.8 Å². The normalized spacial score (nSPS) is 10.9. The molecule has 0 saturated heterocycles. The van der Waals surface area contributed by atoms with Gasteiger partial charge in [0.25, 0.3) is 0 Å². The van der Waals surface area contributed by atoms with Crippen LogP contribution in [-0.4, -0.2) is 25.0 Å². The van der Waals surface area contributed by atoms with E-state index >= 15 is 0 Å². The average molecular weight is 361 g/mol. The molecule has 4 rings (SSSR count). The second-order valence-corrected chi connectivity index (χ2v) is 6.59. The molecule has 7 heteroatoms. The summed E-state index contributed by atoms with van der Waals surface area (Å²) >= 11 is 1.59. The number of phenols is 1. The molecule has 0 saturated carbocycles. The predicted octanol–water partition coefficient (Wildman–Crippen LogP) is 3.67. The lowest BCUT2D eigenvalue weighted by molar-refractivity contribution is 0.477. The van der Waals surface area contributed by atoms with Crippen LogP contribution in [0.5, 0.6) is 5.75 Å². The molecule has 2 aromatic heterocycles. The van der Waals surface area contributed by atoms with Crippen LogP contribution >= 0.6 is 11.8 Å². The lowest BCUT2D eigenvalue weighted by Gasteiger charge is -2.07. The highest BCUT2D eigenvalue weighted by Crippen LogP contribution is 2.30. The van der Waals surface area contributed by atoms with Gasteiger partial charge in [0, 0.05) is 16.5 Å². The minimum Gasteiger partial charge on any atom is -0.507 e. The summed E-state index contributed by atoms with van der Waals surface area (Å²) in [4.78, 5) is 18.3. The second kappa shape index (κ2) is 6.97. The molecular formula is C19H15N5OS. The zero-order valence-electron chi connectivity index (χ0n) is 13.7. The number of fused-ring (bicyclic) bond motifs is 1. The maximum absolute atomic E-state index is 10.0. The SMILES string of the molecule is Nc1nc(CSc2cccc3cccnc23)nc(-c2ccccc2O)n1. The number of hydrogen-bond donors (Lipinski definition) is 2. The van der Waals surface area contributed by atoms with E-state index < -0.39 is 0 Å². The number of nitrogen functional groups attached to an aromatic ring is 1. The first-order valence-corrected chi connectivity index (χ1v) is 8.94. The van der Waals surface area contributed by atoms with Crippen molar-refractivity contribution in [1.82, 2.24) is 19.9 Å². The zero-order chi connectivity index (χ0) is 17.9. The highest BCUT2D eigenvalue weighted by molar-refractivity contribution is 7.98. The van der Waals surface area contributed by atoms with Crippen molar-refractivity contribution < 1.29 is 5.11 Å².